The first-order valence-corrected chi connectivity index (χ1v) is 6.19. The Morgan fingerprint density at radius 2 is 2.11 bits per heavy atom. The molecular formula is C14H17FN2O. The van der Waals surface area contributed by atoms with Crippen LogP contribution in [0.4, 0.5) is 4.39 Å². The van der Waals surface area contributed by atoms with E-state index in [0.717, 1.165) is 25.7 Å². The van der Waals surface area contributed by atoms with E-state index in [-0.39, 0.29) is 17.7 Å². The molecule has 0 aliphatic heterocycles. The first-order valence-electron chi connectivity index (χ1n) is 6.19. The average molecular weight is 248 g/mol. The number of ether oxygens (including phenoxy) is 1. The molecule has 0 saturated heterocycles. The maximum Gasteiger partial charge on any atom is 0.146 e. The molecule has 3 nitrogen and oxygen atoms in total. The molecule has 0 unspecified atom stereocenters. The lowest BCUT2D eigenvalue weighted by molar-refractivity contribution is 0.0734. The second kappa shape index (κ2) is 5.47. The molecule has 18 heavy (non-hydrogen) atoms. The fourth-order valence-electron chi connectivity index (χ4n) is 2.37. The lowest BCUT2D eigenvalue weighted by Crippen LogP contribution is -2.41. The predicted octanol–water partition coefficient (Wildman–Crippen LogP) is 2.49. The molecule has 1 aliphatic carbocycles. The van der Waals surface area contributed by atoms with Crippen molar-refractivity contribution in [1.29, 1.82) is 5.26 Å². The molecule has 0 amide bonds. The van der Waals surface area contributed by atoms with E-state index < -0.39 is 5.82 Å². The molecule has 0 radical (unpaired) electrons. The fourth-order valence-corrected chi connectivity index (χ4v) is 2.37. The van der Waals surface area contributed by atoms with Crippen molar-refractivity contribution >= 4 is 0 Å². The van der Waals surface area contributed by atoms with Crippen LogP contribution in [0.5, 0.6) is 0 Å². The van der Waals surface area contributed by atoms with Crippen LogP contribution >= 0.6 is 0 Å². The van der Waals surface area contributed by atoms with Crippen molar-refractivity contribution in [1.82, 2.24) is 0 Å². The standard InChI is InChI=1S/C14H17FN2O/c15-13-11(8-16)4-3-5-12(13)9-18-10-14(17)6-1-2-7-14/h3-5H,1-2,6-7,9-10,17H2. The molecule has 1 aromatic carbocycles. The maximum absolute atomic E-state index is 13.7. The highest BCUT2D eigenvalue weighted by Crippen LogP contribution is 2.27. The van der Waals surface area contributed by atoms with Gasteiger partial charge in [-0.2, -0.15) is 5.26 Å². The monoisotopic (exact) mass is 248 g/mol. The van der Waals surface area contributed by atoms with Gasteiger partial charge in [-0.1, -0.05) is 25.0 Å². The zero-order valence-corrected chi connectivity index (χ0v) is 10.3. The van der Waals surface area contributed by atoms with E-state index in [0.29, 0.717) is 12.2 Å². The van der Waals surface area contributed by atoms with Gasteiger partial charge in [-0.15, -0.1) is 0 Å². The Kier molecular flexibility index (Phi) is 3.95. The smallest absolute Gasteiger partial charge is 0.146 e. The third-order valence-corrected chi connectivity index (χ3v) is 3.45. The molecule has 0 heterocycles. The van der Waals surface area contributed by atoms with E-state index in [1.165, 1.54) is 6.07 Å². The van der Waals surface area contributed by atoms with Crippen LogP contribution in [0.2, 0.25) is 0 Å². The third-order valence-electron chi connectivity index (χ3n) is 3.45. The van der Waals surface area contributed by atoms with Crippen LogP contribution in [-0.2, 0) is 11.3 Å². The van der Waals surface area contributed by atoms with Crippen LogP contribution in [0.1, 0.15) is 36.8 Å². The molecule has 4 heteroatoms. The summed E-state index contributed by atoms with van der Waals surface area (Å²) in [5, 5.41) is 8.73. The van der Waals surface area contributed by atoms with Gasteiger partial charge in [0.25, 0.3) is 0 Å². The van der Waals surface area contributed by atoms with Crippen LogP contribution in [0, 0.1) is 17.1 Å². The van der Waals surface area contributed by atoms with Crippen LogP contribution in [0.25, 0.3) is 0 Å². The van der Waals surface area contributed by atoms with E-state index in [4.69, 9.17) is 15.7 Å². The molecule has 1 fully saturated rings. The Bertz CT molecular complexity index is 461. The summed E-state index contributed by atoms with van der Waals surface area (Å²) in [7, 11) is 0. The van der Waals surface area contributed by atoms with Gasteiger partial charge in [0.15, 0.2) is 0 Å². The van der Waals surface area contributed by atoms with Crippen molar-refractivity contribution in [2.45, 2.75) is 37.8 Å². The Morgan fingerprint density at radius 1 is 1.39 bits per heavy atom. The SMILES string of the molecule is N#Cc1cccc(COCC2(N)CCCC2)c1F. The van der Waals surface area contributed by atoms with E-state index >= 15 is 0 Å². The second-order valence-corrected chi connectivity index (χ2v) is 4.95. The Hall–Kier alpha value is -1.44. The largest absolute Gasteiger partial charge is 0.375 e. The molecule has 0 spiro atoms. The Labute approximate surface area is 106 Å². The third kappa shape index (κ3) is 2.87. The number of halogens is 1. The van der Waals surface area contributed by atoms with Crippen molar-refractivity contribution in [2.75, 3.05) is 6.61 Å². The molecule has 2 rings (SSSR count). The van der Waals surface area contributed by atoms with Crippen molar-refractivity contribution < 1.29 is 9.13 Å². The maximum atomic E-state index is 13.7. The minimum atomic E-state index is -0.488. The van der Waals surface area contributed by atoms with Gasteiger partial charge in [0.05, 0.1) is 18.8 Å². The number of rotatable bonds is 4. The van der Waals surface area contributed by atoms with Gasteiger partial charge in [-0.3, -0.25) is 0 Å². The van der Waals surface area contributed by atoms with E-state index in [1.54, 1.807) is 12.1 Å². The van der Waals surface area contributed by atoms with Crippen molar-refractivity contribution in [2.24, 2.45) is 5.73 Å². The van der Waals surface area contributed by atoms with Crippen LogP contribution in [0.15, 0.2) is 18.2 Å². The topological polar surface area (TPSA) is 59.0 Å². The molecular weight excluding hydrogens is 231 g/mol. The van der Waals surface area contributed by atoms with E-state index in [1.807, 2.05) is 6.07 Å². The quantitative estimate of drug-likeness (QED) is 0.890. The first kappa shape index (κ1) is 13.0. The summed E-state index contributed by atoms with van der Waals surface area (Å²) in [6.07, 6.45) is 4.21. The van der Waals surface area contributed by atoms with Gasteiger partial charge in [0.1, 0.15) is 11.9 Å². The number of hydrogen-bond donors (Lipinski definition) is 1. The average Bonchev–Trinajstić information content (AvgIpc) is 2.79. The molecule has 96 valence electrons. The molecule has 1 saturated carbocycles. The number of nitrogens with zero attached hydrogens (tertiary/aromatic N) is 1. The fraction of sp³-hybridized carbons (Fsp3) is 0.500. The van der Waals surface area contributed by atoms with Crippen molar-refractivity contribution in [3.05, 3.63) is 35.1 Å². The minimum Gasteiger partial charge on any atom is -0.375 e. The van der Waals surface area contributed by atoms with E-state index in [9.17, 15) is 4.39 Å². The number of hydrogen-bond acceptors (Lipinski definition) is 3. The highest BCUT2D eigenvalue weighted by atomic mass is 19.1. The normalized spacial score (nSPS) is 17.6. The summed E-state index contributed by atoms with van der Waals surface area (Å²) in [6, 6.07) is 6.57. The molecule has 0 atom stereocenters. The molecule has 0 bridgehead atoms. The number of nitriles is 1. The van der Waals surface area contributed by atoms with Gasteiger partial charge in [-0.05, 0) is 18.9 Å². The lowest BCUT2D eigenvalue weighted by atomic mass is 10.0. The van der Waals surface area contributed by atoms with Gasteiger partial charge < -0.3 is 10.5 Å². The predicted molar refractivity (Wildman–Crippen MR) is 66.2 cm³/mol. The zero-order chi connectivity index (χ0) is 13.0. The first-order chi connectivity index (χ1) is 8.64. The second-order valence-electron chi connectivity index (χ2n) is 4.95. The highest BCUT2D eigenvalue weighted by molar-refractivity contribution is 5.34. The number of nitrogens with two attached hydrogens (primary N) is 1. The molecule has 1 aliphatic rings. The summed E-state index contributed by atoms with van der Waals surface area (Å²) in [6.45, 7) is 0.615. The minimum absolute atomic E-state index is 0.0550. The van der Waals surface area contributed by atoms with E-state index in [2.05, 4.69) is 0 Å². The summed E-state index contributed by atoms with van der Waals surface area (Å²) in [5.74, 6) is -0.488. The number of benzene rings is 1. The molecule has 2 N–H and O–H groups in total. The summed E-state index contributed by atoms with van der Waals surface area (Å²) in [4.78, 5) is 0. The van der Waals surface area contributed by atoms with Crippen LogP contribution in [-0.4, -0.2) is 12.1 Å². The van der Waals surface area contributed by atoms with Crippen LogP contribution in [0.3, 0.4) is 0 Å². The zero-order valence-electron chi connectivity index (χ0n) is 10.3. The molecule has 0 aromatic heterocycles. The lowest BCUT2D eigenvalue weighted by Gasteiger charge is -2.23. The highest BCUT2D eigenvalue weighted by Gasteiger charge is 2.29. The Balaban J connectivity index is 1.93. The summed E-state index contributed by atoms with van der Waals surface area (Å²) < 4.78 is 19.2. The van der Waals surface area contributed by atoms with Crippen LogP contribution < -0.4 is 5.73 Å². The Morgan fingerprint density at radius 3 is 2.78 bits per heavy atom. The molecule has 1 aromatic rings. The van der Waals surface area contributed by atoms with Crippen molar-refractivity contribution in [3.8, 4) is 6.07 Å². The van der Waals surface area contributed by atoms with Gasteiger partial charge in [0, 0.05) is 11.1 Å². The van der Waals surface area contributed by atoms with Crippen molar-refractivity contribution in [3.63, 3.8) is 0 Å². The van der Waals surface area contributed by atoms with Gasteiger partial charge >= 0.3 is 0 Å². The summed E-state index contributed by atoms with van der Waals surface area (Å²) >= 11 is 0. The van der Waals surface area contributed by atoms with Gasteiger partial charge in [-0.25, -0.2) is 4.39 Å². The summed E-state index contributed by atoms with van der Waals surface area (Å²) in [5.41, 5.74) is 6.37. The van der Waals surface area contributed by atoms with Gasteiger partial charge in [0.2, 0.25) is 0 Å².